The van der Waals surface area contributed by atoms with Gasteiger partial charge in [0.15, 0.2) is 0 Å². The molecule has 0 aliphatic heterocycles. The second-order valence-corrected chi connectivity index (χ2v) is 6.33. The molecule has 0 amide bonds. The van der Waals surface area contributed by atoms with Gasteiger partial charge in [0, 0.05) is 21.8 Å². The standard InChI is InChI=1S/C16H10BrFN4S/c17-12-2-1-5-20-16(12)15-7-11(9-21-15)23-22-14-4-3-10(8-19)6-13(14)18/h1-7,9,21-22H. The van der Waals surface area contributed by atoms with Gasteiger partial charge in [-0.3, -0.25) is 4.98 Å². The summed E-state index contributed by atoms with van der Waals surface area (Å²) in [6, 6.07) is 11.9. The van der Waals surface area contributed by atoms with Crippen LogP contribution in [0.5, 0.6) is 0 Å². The van der Waals surface area contributed by atoms with Crippen LogP contribution < -0.4 is 4.72 Å². The summed E-state index contributed by atoms with van der Waals surface area (Å²) in [6.45, 7) is 0. The maximum Gasteiger partial charge on any atom is 0.148 e. The van der Waals surface area contributed by atoms with Gasteiger partial charge in [-0.2, -0.15) is 5.26 Å². The number of nitrogens with one attached hydrogen (secondary N) is 2. The molecule has 3 aromatic rings. The van der Waals surface area contributed by atoms with Gasteiger partial charge in [0.1, 0.15) is 11.5 Å². The molecule has 0 atom stereocenters. The van der Waals surface area contributed by atoms with Crippen molar-refractivity contribution in [1.82, 2.24) is 9.97 Å². The number of aromatic amines is 1. The highest BCUT2D eigenvalue weighted by Gasteiger charge is 2.08. The van der Waals surface area contributed by atoms with E-state index < -0.39 is 5.82 Å². The SMILES string of the molecule is N#Cc1ccc(NSc2c[nH]c(-c3ncccc3Br)c2)c(F)c1. The lowest BCUT2D eigenvalue weighted by Gasteiger charge is -2.05. The first-order chi connectivity index (χ1) is 11.2. The fourth-order valence-electron chi connectivity index (χ4n) is 1.94. The summed E-state index contributed by atoms with van der Waals surface area (Å²) in [5.41, 5.74) is 2.30. The molecule has 23 heavy (non-hydrogen) atoms. The number of benzene rings is 1. The van der Waals surface area contributed by atoms with Crippen LogP contribution in [0.25, 0.3) is 11.4 Å². The molecule has 0 spiro atoms. The zero-order valence-electron chi connectivity index (χ0n) is 11.7. The van der Waals surface area contributed by atoms with Crippen LogP contribution in [0.1, 0.15) is 5.56 Å². The maximum absolute atomic E-state index is 13.8. The molecule has 0 saturated carbocycles. The molecule has 7 heteroatoms. The molecular weight excluding hydrogens is 379 g/mol. The van der Waals surface area contributed by atoms with Crippen molar-refractivity contribution in [2.75, 3.05) is 4.72 Å². The van der Waals surface area contributed by atoms with Gasteiger partial charge in [-0.05, 0) is 64.3 Å². The predicted molar refractivity (Wildman–Crippen MR) is 92.3 cm³/mol. The minimum atomic E-state index is -0.459. The van der Waals surface area contributed by atoms with E-state index in [0.29, 0.717) is 11.3 Å². The van der Waals surface area contributed by atoms with Gasteiger partial charge in [0.05, 0.1) is 23.0 Å². The van der Waals surface area contributed by atoms with Crippen molar-refractivity contribution < 1.29 is 4.39 Å². The minimum Gasteiger partial charge on any atom is -0.359 e. The number of rotatable bonds is 4. The highest BCUT2D eigenvalue weighted by Crippen LogP contribution is 2.29. The second kappa shape index (κ2) is 6.86. The van der Waals surface area contributed by atoms with Crippen LogP contribution in [0, 0.1) is 17.1 Å². The third-order valence-electron chi connectivity index (χ3n) is 3.05. The Bertz CT molecular complexity index is 888. The molecule has 2 heterocycles. The third-order valence-corrected chi connectivity index (χ3v) is 4.48. The number of hydrogen-bond donors (Lipinski definition) is 2. The van der Waals surface area contributed by atoms with Gasteiger partial charge in [-0.15, -0.1) is 0 Å². The quantitative estimate of drug-likeness (QED) is 0.619. The Morgan fingerprint density at radius 1 is 1.30 bits per heavy atom. The van der Waals surface area contributed by atoms with E-state index in [1.807, 2.05) is 30.5 Å². The summed E-state index contributed by atoms with van der Waals surface area (Å²) in [5, 5.41) is 8.74. The predicted octanol–water partition coefficient (Wildman–Crippen LogP) is 4.97. The van der Waals surface area contributed by atoms with Crippen molar-refractivity contribution in [2.24, 2.45) is 0 Å². The Hall–Kier alpha value is -2.30. The summed E-state index contributed by atoms with van der Waals surface area (Å²) >= 11 is 4.74. The molecule has 1 aromatic carbocycles. The van der Waals surface area contributed by atoms with Crippen LogP contribution in [0.15, 0.2) is 58.2 Å². The number of nitrogens with zero attached hydrogens (tertiary/aromatic N) is 2. The molecule has 0 radical (unpaired) electrons. The smallest absolute Gasteiger partial charge is 0.148 e. The zero-order valence-corrected chi connectivity index (χ0v) is 14.1. The molecule has 0 saturated heterocycles. The molecule has 0 fully saturated rings. The Balaban J connectivity index is 1.73. The summed E-state index contributed by atoms with van der Waals surface area (Å²) < 4.78 is 17.6. The molecule has 4 nitrogen and oxygen atoms in total. The molecular formula is C16H10BrFN4S. The molecule has 0 unspecified atom stereocenters. The molecule has 2 aromatic heterocycles. The lowest BCUT2D eigenvalue weighted by Crippen LogP contribution is -1.91. The minimum absolute atomic E-state index is 0.294. The molecule has 0 aliphatic carbocycles. The Kier molecular flexibility index (Phi) is 4.65. The lowest BCUT2D eigenvalue weighted by molar-refractivity contribution is 0.632. The summed E-state index contributed by atoms with van der Waals surface area (Å²) in [5.74, 6) is -0.459. The van der Waals surface area contributed by atoms with Gasteiger partial charge in [-0.25, -0.2) is 4.39 Å². The van der Waals surface area contributed by atoms with Crippen molar-refractivity contribution in [3.8, 4) is 17.5 Å². The highest BCUT2D eigenvalue weighted by molar-refractivity contribution is 9.10. The van der Waals surface area contributed by atoms with E-state index >= 15 is 0 Å². The topological polar surface area (TPSA) is 64.5 Å². The van der Waals surface area contributed by atoms with Crippen molar-refractivity contribution >= 4 is 33.6 Å². The number of halogens is 2. The molecule has 2 N–H and O–H groups in total. The Morgan fingerprint density at radius 3 is 2.91 bits per heavy atom. The van der Waals surface area contributed by atoms with Crippen LogP contribution in [-0.4, -0.2) is 9.97 Å². The number of pyridine rings is 1. The first kappa shape index (κ1) is 15.6. The lowest BCUT2D eigenvalue weighted by atomic mass is 10.2. The van der Waals surface area contributed by atoms with Gasteiger partial charge in [0.2, 0.25) is 0 Å². The fraction of sp³-hybridized carbons (Fsp3) is 0. The van der Waals surface area contributed by atoms with E-state index in [-0.39, 0.29) is 0 Å². The second-order valence-electron chi connectivity index (χ2n) is 4.59. The third kappa shape index (κ3) is 3.55. The first-order valence-corrected chi connectivity index (χ1v) is 8.20. The van der Waals surface area contributed by atoms with E-state index in [0.717, 1.165) is 20.8 Å². The summed E-state index contributed by atoms with van der Waals surface area (Å²) in [6.07, 6.45) is 3.54. The molecule has 3 rings (SSSR count). The van der Waals surface area contributed by atoms with Crippen LogP contribution in [0.3, 0.4) is 0 Å². The number of H-pyrrole nitrogens is 1. The van der Waals surface area contributed by atoms with Crippen LogP contribution in [0.2, 0.25) is 0 Å². The van der Waals surface area contributed by atoms with Crippen molar-refractivity contribution in [1.29, 1.82) is 5.26 Å². The zero-order chi connectivity index (χ0) is 16.2. The maximum atomic E-state index is 13.8. The van der Waals surface area contributed by atoms with Crippen LogP contribution in [0.4, 0.5) is 10.1 Å². The van der Waals surface area contributed by atoms with E-state index in [9.17, 15) is 4.39 Å². The largest absolute Gasteiger partial charge is 0.359 e. The van der Waals surface area contributed by atoms with Gasteiger partial charge in [0.25, 0.3) is 0 Å². The van der Waals surface area contributed by atoms with Gasteiger partial charge in [-0.1, -0.05) is 0 Å². The van der Waals surface area contributed by atoms with Crippen molar-refractivity contribution in [3.05, 3.63) is 64.6 Å². The summed E-state index contributed by atoms with van der Waals surface area (Å²) in [7, 11) is 0. The highest BCUT2D eigenvalue weighted by atomic mass is 79.9. The Morgan fingerprint density at radius 2 is 2.17 bits per heavy atom. The van der Waals surface area contributed by atoms with E-state index in [1.54, 1.807) is 18.3 Å². The fourth-order valence-corrected chi connectivity index (χ4v) is 3.09. The van der Waals surface area contributed by atoms with Crippen LogP contribution >= 0.6 is 27.9 Å². The Labute approximate surface area is 145 Å². The number of anilines is 1. The molecule has 114 valence electrons. The van der Waals surface area contributed by atoms with E-state index in [4.69, 9.17) is 5.26 Å². The van der Waals surface area contributed by atoms with Crippen LogP contribution in [-0.2, 0) is 0 Å². The van der Waals surface area contributed by atoms with Crippen molar-refractivity contribution in [2.45, 2.75) is 4.90 Å². The average molecular weight is 389 g/mol. The number of aromatic nitrogens is 2. The van der Waals surface area contributed by atoms with Gasteiger partial charge < -0.3 is 9.71 Å². The molecule has 0 aliphatic rings. The first-order valence-electron chi connectivity index (χ1n) is 6.59. The average Bonchev–Trinajstić information content (AvgIpc) is 3.02. The van der Waals surface area contributed by atoms with E-state index in [2.05, 4.69) is 30.6 Å². The molecule has 0 bridgehead atoms. The summed E-state index contributed by atoms with van der Waals surface area (Å²) in [4.78, 5) is 8.35. The normalized spacial score (nSPS) is 10.3. The van der Waals surface area contributed by atoms with E-state index in [1.165, 1.54) is 18.0 Å². The number of nitriles is 1. The number of hydrogen-bond acceptors (Lipinski definition) is 4. The monoisotopic (exact) mass is 388 g/mol. The van der Waals surface area contributed by atoms with Crippen molar-refractivity contribution in [3.63, 3.8) is 0 Å². The van der Waals surface area contributed by atoms with Gasteiger partial charge >= 0.3 is 0 Å².